The average molecular weight is 250 g/mol. The van der Waals surface area contributed by atoms with Gasteiger partial charge >= 0.3 is 0 Å². The molecular formula is C13H18N2O3. The zero-order chi connectivity index (χ0) is 13.3. The van der Waals surface area contributed by atoms with Crippen molar-refractivity contribution in [3.63, 3.8) is 0 Å². The number of ether oxygens (including phenoxy) is 1. The van der Waals surface area contributed by atoms with Crippen LogP contribution in [-0.4, -0.2) is 45.7 Å². The van der Waals surface area contributed by atoms with E-state index in [2.05, 4.69) is 4.98 Å². The number of rotatable bonds is 1. The molecule has 0 aromatic carbocycles. The van der Waals surface area contributed by atoms with Crippen molar-refractivity contribution in [1.29, 1.82) is 0 Å². The van der Waals surface area contributed by atoms with Gasteiger partial charge in [0.15, 0.2) is 5.69 Å². The van der Waals surface area contributed by atoms with Crippen molar-refractivity contribution in [3.05, 3.63) is 24.0 Å². The standard InChI is InChI=1S/C13H18N2O3/c1-9-7-15(8-13(2,3)18-9)12(17)11-10(16)5-4-6-14-11/h4-6,9,16H,7-8H2,1-3H3. The first-order chi connectivity index (χ1) is 8.39. The van der Waals surface area contributed by atoms with Gasteiger partial charge < -0.3 is 14.7 Å². The fourth-order valence-electron chi connectivity index (χ4n) is 2.32. The number of nitrogens with zero attached hydrogens (tertiary/aromatic N) is 2. The van der Waals surface area contributed by atoms with Gasteiger partial charge in [-0.15, -0.1) is 0 Å². The van der Waals surface area contributed by atoms with E-state index >= 15 is 0 Å². The lowest BCUT2D eigenvalue weighted by atomic mass is 10.1. The third kappa shape index (κ3) is 2.61. The summed E-state index contributed by atoms with van der Waals surface area (Å²) in [5, 5.41) is 9.67. The van der Waals surface area contributed by atoms with Crippen LogP contribution in [0.2, 0.25) is 0 Å². The maximum atomic E-state index is 12.3. The molecule has 1 amide bonds. The van der Waals surface area contributed by atoms with E-state index in [1.165, 1.54) is 12.3 Å². The van der Waals surface area contributed by atoms with Gasteiger partial charge in [0, 0.05) is 19.3 Å². The molecule has 98 valence electrons. The highest BCUT2D eigenvalue weighted by Crippen LogP contribution is 2.23. The lowest BCUT2D eigenvalue weighted by Gasteiger charge is -2.41. The van der Waals surface area contributed by atoms with E-state index in [0.717, 1.165) is 0 Å². The van der Waals surface area contributed by atoms with Crippen LogP contribution in [-0.2, 0) is 4.74 Å². The minimum Gasteiger partial charge on any atom is -0.505 e. The summed E-state index contributed by atoms with van der Waals surface area (Å²) in [6, 6.07) is 3.06. The number of aromatic nitrogens is 1. The van der Waals surface area contributed by atoms with Crippen molar-refractivity contribution in [2.45, 2.75) is 32.5 Å². The fraction of sp³-hybridized carbons (Fsp3) is 0.538. The van der Waals surface area contributed by atoms with Crippen molar-refractivity contribution < 1.29 is 14.6 Å². The first-order valence-corrected chi connectivity index (χ1v) is 6.00. The molecule has 1 atom stereocenters. The second-order valence-corrected chi connectivity index (χ2v) is 5.24. The molecule has 1 unspecified atom stereocenters. The zero-order valence-corrected chi connectivity index (χ0v) is 10.9. The molecule has 1 N–H and O–H groups in total. The summed E-state index contributed by atoms with van der Waals surface area (Å²) < 4.78 is 5.74. The third-order valence-electron chi connectivity index (χ3n) is 2.85. The Balaban J connectivity index is 2.22. The van der Waals surface area contributed by atoms with Crippen LogP contribution < -0.4 is 0 Å². The largest absolute Gasteiger partial charge is 0.505 e. The Hall–Kier alpha value is -1.62. The van der Waals surface area contributed by atoms with E-state index in [0.29, 0.717) is 13.1 Å². The van der Waals surface area contributed by atoms with E-state index in [1.807, 2.05) is 20.8 Å². The van der Waals surface area contributed by atoms with Crippen LogP contribution in [0.4, 0.5) is 0 Å². The number of aromatic hydroxyl groups is 1. The molecule has 18 heavy (non-hydrogen) atoms. The Kier molecular flexibility index (Phi) is 3.26. The van der Waals surface area contributed by atoms with E-state index in [4.69, 9.17) is 4.74 Å². The topological polar surface area (TPSA) is 62.7 Å². The van der Waals surface area contributed by atoms with E-state index < -0.39 is 0 Å². The van der Waals surface area contributed by atoms with Gasteiger partial charge in [0.1, 0.15) is 5.75 Å². The average Bonchev–Trinajstić information content (AvgIpc) is 2.26. The lowest BCUT2D eigenvalue weighted by Crippen LogP contribution is -2.53. The van der Waals surface area contributed by atoms with E-state index in [1.54, 1.807) is 11.0 Å². The second-order valence-electron chi connectivity index (χ2n) is 5.24. The molecule has 1 aromatic rings. The Morgan fingerprint density at radius 3 is 2.94 bits per heavy atom. The highest BCUT2D eigenvalue weighted by molar-refractivity contribution is 5.94. The second kappa shape index (κ2) is 4.57. The monoisotopic (exact) mass is 250 g/mol. The normalized spacial score (nSPS) is 22.8. The molecule has 0 aliphatic carbocycles. The molecule has 0 spiro atoms. The predicted octanol–water partition coefficient (Wildman–Crippen LogP) is 1.43. The fourth-order valence-corrected chi connectivity index (χ4v) is 2.32. The van der Waals surface area contributed by atoms with Gasteiger partial charge in [-0.2, -0.15) is 0 Å². The Bertz CT molecular complexity index is 459. The van der Waals surface area contributed by atoms with Gasteiger partial charge in [0.05, 0.1) is 11.7 Å². The molecule has 2 heterocycles. The molecule has 5 nitrogen and oxygen atoms in total. The number of hydrogen-bond donors (Lipinski definition) is 1. The van der Waals surface area contributed by atoms with Gasteiger partial charge in [-0.05, 0) is 32.9 Å². The van der Waals surface area contributed by atoms with Gasteiger partial charge in [0.25, 0.3) is 5.91 Å². The summed E-state index contributed by atoms with van der Waals surface area (Å²) >= 11 is 0. The highest BCUT2D eigenvalue weighted by atomic mass is 16.5. The van der Waals surface area contributed by atoms with Crippen LogP contribution in [0.15, 0.2) is 18.3 Å². The van der Waals surface area contributed by atoms with Crippen LogP contribution >= 0.6 is 0 Å². The molecule has 2 rings (SSSR count). The molecule has 0 saturated carbocycles. The summed E-state index contributed by atoms with van der Waals surface area (Å²) in [6.07, 6.45) is 1.48. The molecule has 1 aliphatic heterocycles. The Morgan fingerprint density at radius 1 is 1.61 bits per heavy atom. The smallest absolute Gasteiger partial charge is 0.276 e. The first-order valence-electron chi connectivity index (χ1n) is 6.00. The molecule has 5 heteroatoms. The van der Waals surface area contributed by atoms with Crippen molar-refractivity contribution in [1.82, 2.24) is 9.88 Å². The minimum absolute atomic E-state index is 0.0245. The predicted molar refractivity (Wildman–Crippen MR) is 66.4 cm³/mol. The maximum Gasteiger partial charge on any atom is 0.276 e. The van der Waals surface area contributed by atoms with Gasteiger partial charge in [-0.25, -0.2) is 4.98 Å². The van der Waals surface area contributed by atoms with Crippen LogP contribution in [0.1, 0.15) is 31.3 Å². The summed E-state index contributed by atoms with van der Waals surface area (Å²) in [5.74, 6) is -0.337. The van der Waals surface area contributed by atoms with Crippen molar-refractivity contribution in [2.24, 2.45) is 0 Å². The van der Waals surface area contributed by atoms with Crippen molar-refractivity contribution in [3.8, 4) is 5.75 Å². The Morgan fingerprint density at radius 2 is 2.33 bits per heavy atom. The van der Waals surface area contributed by atoms with Gasteiger partial charge in [-0.1, -0.05) is 0 Å². The number of morpholine rings is 1. The highest BCUT2D eigenvalue weighted by Gasteiger charge is 2.35. The quantitative estimate of drug-likeness (QED) is 0.819. The number of carbonyl (C=O) groups excluding carboxylic acids is 1. The van der Waals surface area contributed by atoms with Crippen molar-refractivity contribution in [2.75, 3.05) is 13.1 Å². The van der Waals surface area contributed by atoms with Crippen molar-refractivity contribution >= 4 is 5.91 Å². The number of pyridine rings is 1. The minimum atomic E-state index is -0.377. The summed E-state index contributed by atoms with van der Waals surface area (Å²) in [6.45, 7) is 6.83. The third-order valence-corrected chi connectivity index (χ3v) is 2.85. The molecular weight excluding hydrogens is 232 g/mol. The summed E-state index contributed by atoms with van der Waals surface area (Å²) in [4.78, 5) is 17.9. The molecule has 0 bridgehead atoms. The van der Waals surface area contributed by atoms with Crippen LogP contribution in [0.5, 0.6) is 5.75 Å². The molecule has 1 aromatic heterocycles. The van der Waals surface area contributed by atoms with Crippen LogP contribution in [0.3, 0.4) is 0 Å². The number of carbonyl (C=O) groups is 1. The molecule has 1 saturated heterocycles. The van der Waals surface area contributed by atoms with E-state index in [9.17, 15) is 9.90 Å². The van der Waals surface area contributed by atoms with E-state index in [-0.39, 0.29) is 29.1 Å². The van der Waals surface area contributed by atoms with Gasteiger partial charge in [0.2, 0.25) is 0 Å². The Labute approximate surface area is 106 Å². The molecule has 0 radical (unpaired) electrons. The van der Waals surface area contributed by atoms with Crippen LogP contribution in [0, 0.1) is 0 Å². The van der Waals surface area contributed by atoms with Gasteiger partial charge in [-0.3, -0.25) is 4.79 Å². The zero-order valence-electron chi connectivity index (χ0n) is 10.9. The maximum absolute atomic E-state index is 12.3. The molecule has 1 aliphatic rings. The lowest BCUT2D eigenvalue weighted by molar-refractivity contribution is -0.119. The summed E-state index contributed by atoms with van der Waals surface area (Å²) in [7, 11) is 0. The number of hydrogen-bond acceptors (Lipinski definition) is 4. The number of amides is 1. The molecule has 1 fully saturated rings. The first kappa shape index (κ1) is 12.8. The van der Waals surface area contributed by atoms with Crippen LogP contribution in [0.25, 0.3) is 0 Å². The SMILES string of the molecule is CC1CN(C(=O)c2ncccc2O)CC(C)(C)O1. The summed E-state index contributed by atoms with van der Waals surface area (Å²) in [5.41, 5.74) is -0.278.